The molecule has 0 aliphatic heterocycles. The van der Waals surface area contributed by atoms with Crippen LogP contribution in [-0.4, -0.2) is 51.6 Å². The Morgan fingerprint density at radius 3 is 1.89 bits per heavy atom. The SMILES string of the molecule is CCCCOCCOC(=O)c1ccc(C(=O)OCCOCCCC)c(I)c1. The highest BCUT2D eigenvalue weighted by Gasteiger charge is 2.15. The van der Waals surface area contributed by atoms with Gasteiger partial charge in [-0.3, -0.25) is 0 Å². The van der Waals surface area contributed by atoms with Gasteiger partial charge >= 0.3 is 11.9 Å². The van der Waals surface area contributed by atoms with Crippen LogP contribution in [0.2, 0.25) is 0 Å². The number of ether oxygens (including phenoxy) is 4. The van der Waals surface area contributed by atoms with E-state index >= 15 is 0 Å². The van der Waals surface area contributed by atoms with Gasteiger partial charge in [0.05, 0.1) is 24.3 Å². The molecule has 0 fully saturated rings. The van der Waals surface area contributed by atoms with Crippen molar-refractivity contribution in [1.29, 1.82) is 0 Å². The number of carbonyl (C=O) groups excluding carboxylic acids is 2. The van der Waals surface area contributed by atoms with Crippen molar-refractivity contribution < 1.29 is 28.5 Å². The van der Waals surface area contributed by atoms with Crippen molar-refractivity contribution in [3.8, 4) is 0 Å². The molecule has 0 heterocycles. The van der Waals surface area contributed by atoms with E-state index in [4.69, 9.17) is 18.9 Å². The third-order valence-corrected chi connectivity index (χ3v) is 4.52. The van der Waals surface area contributed by atoms with Gasteiger partial charge < -0.3 is 18.9 Å². The molecule has 0 aliphatic rings. The molecule has 0 aliphatic carbocycles. The first-order valence-electron chi connectivity index (χ1n) is 9.39. The van der Waals surface area contributed by atoms with Crippen molar-refractivity contribution >= 4 is 34.5 Å². The second kappa shape index (κ2) is 14.8. The molecular formula is C20H29IO6. The lowest BCUT2D eigenvalue weighted by Crippen LogP contribution is -2.14. The number of rotatable bonds is 14. The van der Waals surface area contributed by atoms with Crippen molar-refractivity contribution in [2.75, 3.05) is 39.6 Å². The van der Waals surface area contributed by atoms with Crippen molar-refractivity contribution in [3.05, 3.63) is 32.9 Å². The summed E-state index contributed by atoms with van der Waals surface area (Å²) in [4.78, 5) is 24.2. The second-order valence-corrected chi connectivity index (χ2v) is 7.06. The minimum Gasteiger partial charge on any atom is -0.460 e. The Morgan fingerprint density at radius 1 is 0.815 bits per heavy atom. The van der Waals surface area contributed by atoms with Crippen LogP contribution in [-0.2, 0) is 18.9 Å². The number of hydrogen-bond acceptors (Lipinski definition) is 6. The van der Waals surface area contributed by atoms with E-state index in [1.807, 2.05) is 22.6 Å². The Bertz CT molecular complexity index is 576. The fourth-order valence-electron chi connectivity index (χ4n) is 2.05. The fraction of sp³-hybridized carbons (Fsp3) is 0.600. The number of benzene rings is 1. The summed E-state index contributed by atoms with van der Waals surface area (Å²) in [6, 6.07) is 4.77. The first kappa shape index (κ1) is 23.8. The molecule has 0 N–H and O–H groups in total. The van der Waals surface area contributed by atoms with Crippen LogP contribution < -0.4 is 0 Å². The molecule has 27 heavy (non-hydrogen) atoms. The maximum absolute atomic E-state index is 12.1. The quantitative estimate of drug-likeness (QED) is 0.220. The molecule has 0 saturated carbocycles. The predicted octanol–water partition coefficient (Wildman–Crippen LogP) is 4.24. The van der Waals surface area contributed by atoms with Gasteiger partial charge in [0, 0.05) is 16.8 Å². The summed E-state index contributed by atoms with van der Waals surface area (Å²) in [6.07, 6.45) is 4.13. The Kier molecular flexibility index (Phi) is 13.1. The molecule has 6 nitrogen and oxygen atoms in total. The molecule has 0 spiro atoms. The normalized spacial score (nSPS) is 10.6. The topological polar surface area (TPSA) is 71.1 Å². The van der Waals surface area contributed by atoms with E-state index in [1.165, 1.54) is 0 Å². The van der Waals surface area contributed by atoms with Crippen LogP contribution in [0.4, 0.5) is 0 Å². The van der Waals surface area contributed by atoms with Gasteiger partial charge in [-0.25, -0.2) is 9.59 Å². The summed E-state index contributed by atoms with van der Waals surface area (Å²) in [5, 5.41) is 0. The Labute approximate surface area is 175 Å². The Morgan fingerprint density at radius 2 is 1.37 bits per heavy atom. The van der Waals surface area contributed by atoms with Gasteiger partial charge in [0.15, 0.2) is 0 Å². The third-order valence-electron chi connectivity index (χ3n) is 3.63. The van der Waals surface area contributed by atoms with E-state index in [1.54, 1.807) is 18.2 Å². The molecule has 0 saturated heterocycles. The van der Waals surface area contributed by atoms with Gasteiger partial charge in [-0.1, -0.05) is 26.7 Å². The van der Waals surface area contributed by atoms with Gasteiger partial charge in [0.2, 0.25) is 0 Å². The van der Waals surface area contributed by atoms with Crippen molar-refractivity contribution in [3.63, 3.8) is 0 Å². The minimum atomic E-state index is -0.434. The zero-order valence-electron chi connectivity index (χ0n) is 16.1. The van der Waals surface area contributed by atoms with E-state index in [9.17, 15) is 9.59 Å². The largest absolute Gasteiger partial charge is 0.460 e. The van der Waals surface area contributed by atoms with Crippen LogP contribution in [0.1, 0.15) is 60.2 Å². The van der Waals surface area contributed by atoms with Crippen LogP contribution in [0.25, 0.3) is 0 Å². The smallest absolute Gasteiger partial charge is 0.339 e. The zero-order chi connectivity index (χ0) is 19.9. The lowest BCUT2D eigenvalue weighted by atomic mass is 10.1. The van der Waals surface area contributed by atoms with Crippen LogP contribution in [0.3, 0.4) is 0 Å². The molecular weight excluding hydrogens is 463 g/mol. The summed E-state index contributed by atoms with van der Waals surface area (Å²) < 4.78 is 21.7. The minimum absolute atomic E-state index is 0.209. The van der Waals surface area contributed by atoms with Crippen LogP contribution in [0.15, 0.2) is 18.2 Å². The summed E-state index contributed by atoms with van der Waals surface area (Å²) >= 11 is 2.01. The van der Waals surface area contributed by atoms with E-state index < -0.39 is 11.9 Å². The molecule has 7 heteroatoms. The molecule has 1 aromatic carbocycles. The zero-order valence-corrected chi connectivity index (χ0v) is 18.3. The summed E-state index contributed by atoms with van der Waals surface area (Å²) in [5.74, 6) is -0.862. The summed E-state index contributed by atoms with van der Waals surface area (Å²) in [5.41, 5.74) is 0.816. The molecule has 1 rings (SSSR count). The Hall–Kier alpha value is -1.19. The average molecular weight is 492 g/mol. The lowest BCUT2D eigenvalue weighted by molar-refractivity contribution is 0.0303. The van der Waals surface area contributed by atoms with Gasteiger partial charge in [-0.15, -0.1) is 0 Å². The van der Waals surface area contributed by atoms with E-state index in [-0.39, 0.29) is 13.2 Å². The Balaban J connectivity index is 2.39. The molecule has 0 aromatic heterocycles. The number of unbranched alkanes of at least 4 members (excludes halogenated alkanes) is 2. The molecule has 1 aromatic rings. The maximum Gasteiger partial charge on any atom is 0.339 e. The highest BCUT2D eigenvalue weighted by Crippen LogP contribution is 2.16. The predicted molar refractivity (Wildman–Crippen MR) is 111 cm³/mol. The van der Waals surface area contributed by atoms with Gasteiger partial charge in [-0.05, 0) is 53.6 Å². The third kappa shape index (κ3) is 10.1. The number of hydrogen-bond donors (Lipinski definition) is 0. The van der Waals surface area contributed by atoms with E-state index in [0.29, 0.717) is 41.1 Å². The van der Waals surface area contributed by atoms with E-state index in [0.717, 1.165) is 25.7 Å². The fourth-order valence-corrected chi connectivity index (χ4v) is 2.79. The maximum atomic E-state index is 12.1. The average Bonchev–Trinajstić information content (AvgIpc) is 2.66. The summed E-state index contributed by atoms with van der Waals surface area (Å²) in [6.45, 7) is 6.71. The molecule has 0 unspecified atom stereocenters. The van der Waals surface area contributed by atoms with Gasteiger partial charge in [0.25, 0.3) is 0 Å². The standard InChI is InChI=1S/C20H29IO6/c1-3-5-9-24-11-13-26-19(22)16-7-8-17(18(21)15-16)20(23)27-14-12-25-10-6-4-2/h7-8,15H,3-6,9-14H2,1-2H3. The molecule has 0 radical (unpaired) electrons. The van der Waals surface area contributed by atoms with Crippen molar-refractivity contribution in [1.82, 2.24) is 0 Å². The first-order valence-corrected chi connectivity index (χ1v) is 10.5. The molecule has 0 atom stereocenters. The highest BCUT2D eigenvalue weighted by atomic mass is 127. The lowest BCUT2D eigenvalue weighted by Gasteiger charge is -2.09. The number of carbonyl (C=O) groups is 2. The monoisotopic (exact) mass is 492 g/mol. The van der Waals surface area contributed by atoms with Crippen LogP contribution in [0.5, 0.6) is 0 Å². The second-order valence-electron chi connectivity index (χ2n) is 5.90. The van der Waals surface area contributed by atoms with Crippen molar-refractivity contribution in [2.45, 2.75) is 39.5 Å². The molecule has 0 amide bonds. The van der Waals surface area contributed by atoms with Crippen molar-refractivity contribution in [2.24, 2.45) is 0 Å². The van der Waals surface area contributed by atoms with Gasteiger partial charge in [0.1, 0.15) is 13.2 Å². The first-order chi connectivity index (χ1) is 13.1. The van der Waals surface area contributed by atoms with E-state index in [2.05, 4.69) is 13.8 Å². The van der Waals surface area contributed by atoms with Crippen LogP contribution in [0, 0.1) is 3.57 Å². The molecule has 152 valence electrons. The number of halogens is 1. The summed E-state index contributed by atoms with van der Waals surface area (Å²) in [7, 11) is 0. The number of esters is 2. The van der Waals surface area contributed by atoms with Crippen LogP contribution >= 0.6 is 22.6 Å². The molecule has 0 bridgehead atoms. The highest BCUT2D eigenvalue weighted by molar-refractivity contribution is 14.1. The van der Waals surface area contributed by atoms with Gasteiger partial charge in [-0.2, -0.15) is 0 Å².